The summed E-state index contributed by atoms with van der Waals surface area (Å²) in [4.78, 5) is 14.2. The zero-order valence-electron chi connectivity index (χ0n) is 11.5. The Morgan fingerprint density at radius 3 is 2.45 bits per heavy atom. The summed E-state index contributed by atoms with van der Waals surface area (Å²) >= 11 is 1.23. The van der Waals surface area contributed by atoms with Gasteiger partial charge in [-0.1, -0.05) is 12.1 Å². The number of aliphatic hydroxyl groups excluding tert-OH is 1. The third-order valence-corrected chi connectivity index (χ3v) is 3.77. The quantitative estimate of drug-likeness (QED) is 0.938. The highest BCUT2D eigenvalue weighted by Crippen LogP contribution is 2.30. The van der Waals surface area contributed by atoms with E-state index < -0.39 is 23.8 Å². The van der Waals surface area contributed by atoms with Crippen LogP contribution in [-0.2, 0) is 17.5 Å². The number of rotatable bonds is 4. The van der Waals surface area contributed by atoms with E-state index in [0.29, 0.717) is 0 Å². The molecule has 2 aromatic rings. The lowest BCUT2D eigenvalue weighted by atomic mass is 10.1. The van der Waals surface area contributed by atoms with Gasteiger partial charge in [0.25, 0.3) is 5.91 Å². The minimum absolute atomic E-state index is 0.120. The van der Waals surface area contributed by atoms with E-state index in [0.717, 1.165) is 29.1 Å². The second-order valence-electron chi connectivity index (χ2n) is 4.70. The van der Waals surface area contributed by atoms with Crippen molar-refractivity contribution in [1.29, 1.82) is 0 Å². The number of aromatic nitrogens is 1. The van der Waals surface area contributed by atoms with Crippen LogP contribution in [0.2, 0.25) is 0 Å². The van der Waals surface area contributed by atoms with Gasteiger partial charge in [-0.2, -0.15) is 13.2 Å². The summed E-state index contributed by atoms with van der Waals surface area (Å²) in [5.74, 6) is -0.590. The summed E-state index contributed by atoms with van der Waals surface area (Å²) in [5.41, 5.74) is -0.705. The average molecular weight is 330 g/mol. The molecular formula is C14H13F3N2O2S. The number of hydrogen-bond acceptors (Lipinski definition) is 4. The van der Waals surface area contributed by atoms with Gasteiger partial charge in [0.15, 0.2) is 6.10 Å². The van der Waals surface area contributed by atoms with E-state index in [-0.39, 0.29) is 12.1 Å². The largest absolute Gasteiger partial charge is 0.416 e. The molecule has 0 aliphatic rings. The first-order chi connectivity index (χ1) is 10.3. The predicted octanol–water partition coefficient (Wildman–Crippen LogP) is 2.85. The van der Waals surface area contributed by atoms with Crippen molar-refractivity contribution in [1.82, 2.24) is 9.27 Å². The first-order valence-corrected chi connectivity index (χ1v) is 7.06. The molecule has 1 N–H and O–H groups in total. The fraction of sp³-hybridized carbons (Fsp3) is 0.286. The summed E-state index contributed by atoms with van der Waals surface area (Å²) in [6, 6.07) is 5.64. The van der Waals surface area contributed by atoms with E-state index in [1.807, 2.05) is 0 Å². The van der Waals surface area contributed by atoms with E-state index in [1.54, 1.807) is 12.3 Å². The molecule has 0 aliphatic carbocycles. The van der Waals surface area contributed by atoms with Crippen molar-refractivity contribution >= 4 is 17.4 Å². The molecule has 118 valence electrons. The fourth-order valence-electron chi connectivity index (χ4n) is 1.84. The molecule has 1 atom stereocenters. The van der Waals surface area contributed by atoms with Crippen LogP contribution in [0, 0.1) is 0 Å². The number of alkyl halides is 3. The zero-order chi connectivity index (χ0) is 16.3. The molecule has 22 heavy (non-hydrogen) atoms. The van der Waals surface area contributed by atoms with Crippen LogP contribution in [-0.4, -0.2) is 27.3 Å². The Labute approximate surface area is 129 Å². The molecule has 2 rings (SSSR count). The first-order valence-electron chi connectivity index (χ1n) is 6.29. The van der Waals surface area contributed by atoms with Crippen LogP contribution in [0.5, 0.6) is 0 Å². The third-order valence-electron chi connectivity index (χ3n) is 3.05. The van der Waals surface area contributed by atoms with Gasteiger partial charge in [0, 0.05) is 18.1 Å². The van der Waals surface area contributed by atoms with Gasteiger partial charge >= 0.3 is 6.18 Å². The van der Waals surface area contributed by atoms with Crippen LogP contribution >= 0.6 is 11.5 Å². The summed E-state index contributed by atoms with van der Waals surface area (Å²) < 4.78 is 41.3. The Kier molecular flexibility index (Phi) is 4.82. The SMILES string of the molecule is CN(Cc1ccns1)C(=O)C(O)c1ccc(C(F)(F)F)cc1. The highest BCUT2D eigenvalue weighted by Gasteiger charge is 2.30. The molecule has 1 aromatic carbocycles. The van der Waals surface area contributed by atoms with Crippen molar-refractivity contribution in [2.45, 2.75) is 18.8 Å². The molecule has 4 nitrogen and oxygen atoms in total. The maximum absolute atomic E-state index is 12.5. The van der Waals surface area contributed by atoms with Gasteiger partial charge in [0.05, 0.1) is 12.1 Å². The number of amides is 1. The van der Waals surface area contributed by atoms with Crippen LogP contribution in [0.15, 0.2) is 36.5 Å². The number of benzene rings is 1. The lowest BCUT2D eigenvalue weighted by molar-refractivity contribution is -0.139. The van der Waals surface area contributed by atoms with E-state index in [2.05, 4.69) is 4.37 Å². The number of likely N-dealkylation sites (N-methyl/N-ethyl adjacent to an activating group) is 1. The molecular weight excluding hydrogens is 317 g/mol. The predicted molar refractivity (Wildman–Crippen MR) is 75.0 cm³/mol. The van der Waals surface area contributed by atoms with Gasteiger partial charge in [-0.3, -0.25) is 4.79 Å². The summed E-state index contributed by atoms with van der Waals surface area (Å²) in [7, 11) is 1.51. The van der Waals surface area contributed by atoms with Crippen molar-refractivity contribution in [3.8, 4) is 0 Å². The van der Waals surface area contributed by atoms with Crippen molar-refractivity contribution in [3.63, 3.8) is 0 Å². The van der Waals surface area contributed by atoms with E-state index in [9.17, 15) is 23.1 Å². The molecule has 8 heteroatoms. The first kappa shape index (κ1) is 16.4. The molecule has 0 radical (unpaired) electrons. The molecule has 0 aliphatic heterocycles. The zero-order valence-corrected chi connectivity index (χ0v) is 12.4. The summed E-state index contributed by atoms with van der Waals surface area (Å²) in [5, 5.41) is 10.00. The molecule has 0 spiro atoms. The number of hydrogen-bond donors (Lipinski definition) is 1. The summed E-state index contributed by atoms with van der Waals surface area (Å²) in [6.45, 7) is 0.279. The molecule has 1 heterocycles. The van der Waals surface area contributed by atoms with Gasteiger partial charge in [-0.15, -0.1) is 0 Å². The standard InChI is InChI=1S/C14H13F3N2O2S/c1-19(8-11-6-7-18-22-11)13(21)12(20)9-2-4-10(5-3-9)14(15,16)17/h2-7,12,20H,8H2,1H3. The number of nitrogens with zero attached hydrogens (tertiary/aromatic N) is 2. The highest BCUT2D eigenvalue weighted by molar-refractivity contribution is 7.05. The van der Waals surface area contributed by atoms with Crippen molar-refractivity contribution in [2.75, 3.05) is 7.05 Å². The minimum Gasteiger partial charge on any atom is -0.378 e. The molecule has 0 fully saturated rings. The third kappa shape index (κ3) is 3.83. The highest BCUT2D eigenvalue weighted by atomic mass is 32.1. The maximum atomic E-state index is 12.5. The van der Waals surface area contributed by atoms with Gasteiger partial charge < -0.3 is 10.0 Å². The smallest absolute Gasteiger partial charge is 0.378 e. The molecule has 1 unspecified atom stereocenters. The lowest BCUT2D eigenvalue weighted by Crippen LogP contribution is -2.31. The number of aliphatic hydroxyl groups is 1. The van der Waals surface area contributed by atoms with Crippen LogP contribution in [0.4, 0.5) is 13.2 Å². The van der Waals surface area contributed by atoms with Crippen molar-refractivity contribution < 1.29 is 23.1 Å². The second kappa shape index (κ2) is 6.45. The number of halogens is 3. The van der Waals surface area contributed by atoms with Crippen LogP contribution in [0.25, 0.3) is 0 Å². The average Bonchev–Trinajstić information content (AvgIpc) is 2.97. The minimum atomic E-state index is -4.45. The topological polar surface area (TPSA) is 53.4 Å². The Hall–Kier alpha value is -1.93. The van der Waals surface area contributed by atoms with Crippen LogP contribution in [0.1, 0.15) is 22.1 Å². The van der Waals surface area contributed by atoms with Crippen molar-refractivity contribution in [3.05, 3.63) is 52.5 Å². The van der Waals surface area contributed by atoms with E-state index in [1.165, 1.54) is 23.5 Å². The Bertz CT molecular complexity index is 627. The number of carbonyl (C=O) groups excluding carboxylic acids is 1. The van der Waals surface area contributed by atoms with Crippen molar-refractivity contribution in [2.24, 2.45) is 0 Å². The number of carbonyl (C=O) groups is 1. The van der Waals surface area contributed by atoms with Crippen LogP contribution < -0.4 is 0 Å². The van der Waals surface area contributed by atoms with Gasteiger partial charge in [-0.05, 0) is 35.3 Å². The maximum Gasteiger partial charge on any atom is 0.416 e. The van der Waals surface area contributed by atoms with E-state index >= 15 is 0 Å². The monoisotopic (exact) mass is 330 g/mol. The normalized spacial score (nSPS) is 13.0. The lowest BCUT2D eigenvalue weighted by Gasteiger charge is -2.20. The fourth-order valence-corrected chi connectivity index (χ4v) is 2.47. The second-order valence-corrected chi connectivity index (χ2v) is 5.61. The Morgan fingerprint density at radius 1 is 1.32 bits per heavy atom. The van der Waals surface area contributed by atoms with E-state index in [4.69, 9.17) is 0 Å². The molecule has 0 saturated heterocycles. The molecule has 0 saturated carbocycles. The van der Waals surface area contributed by atoms with Gasteiger partial charge in [0.2, 0.25) is 0 Å². The molecule has 0 bridgehead atoms. The van der Waals surface area contributed by atoms with Gasteiger partial charge in [0.1, 0.15) is 0 Å². The molecule has 1 aromatic heterocycles. The van der Waals surface area contributed by atoms with Crippen LogP contribution in [0.3, 0.4) is 0 Å². The molecule has 1 amide bonds. The summed E-state index contributed by atoms with van der Waals surface area (Å²) in [6.07, 6.45) is -4.35. The Balaban J connectivity index is 2.06. The Morgan fingerprint density at radius 2 is 1.95 bits per heavy atom. The van der Waals surface area contributed by atoms with Gasteiger partial charge in [-0.25, -0.2) is 4.37 Å².